The number of hydrogen-bond donors (Lipinski definition) is 0. The third-order valence-electron chi connectivity index (χ3n) is 3.26. The number of fused-ring (bicyclic) bond motifs is 1. The lowest BCUT2D eigenvalue weighted by molar-refractivity contribution is 0.355. The smallest absolute Gasteiger partial charge is 0.162 e. The zero-order chi connectivity index (χ0) is 13.2. The van der Waals surface area contributed by atoms with E-state index in [1.807, 2.05) is 29.6 Å². The molecule has 0 radical (unpaired) electrons. The van der Waals surface area contributed by atoms with Gasteiger partial charge in [-0.2, -0.15) is 0 Å². The first-order valence-corrected chi connectivity index (χ1v) is 8.39. The van der Waals surface area contributed by atoms with Crippen LogP contribution >= 0.6 is 23.5 Å². The molecular formula is C14H17NO2S2. The molecule has 0 N–H and O–H groups in total. The summed E-state index contributed by atoms with van der Waals surface area (Å²) in [4.78, 5) is 0. The standard InChI is InChI=1S/C14H17NO2S2/c1-16-12-8-10-4-5-15(11(10)9-13(12)17-2)14-18-6-3-7-19-14/h4-5,8-9,14H,3,6-7H2,1-2H3. The Morgan fingerprint density at radius 3 is 2.47 bits per heavy atom. The molecule has 2 aromatic rings. The maximum absolute atomic E-state index is 5.40. The number of nitrogens with zero attached hydrogens (tertiary/aromatic N) is 1. The summed E-state index contributed by atoms with van der Waals surface area (Å²) >= 11 is 4.03. The second-order valence-electron chi connectivity index (χ2n) is 4.39. The molecule has 0 saturated carbocycles. The van der Waals surface area contributed by atoms with Crippen LogP contribution in [0.3, 0.4) is 0 Å². The lowest BCUT2D eigenvalue weighted by Crippen LogP contribution is -2.06. The summed E-state index contributed by atoms with van der Waals surface area (Å²) in [5.41, 5.74) is 1.21. The van der Waals surface area contributed by atoms with Crippen LogP contribution < -0.4 is 9.47 Å². The summed E-state index contributed by atoms with van der Waals surface area (Å²) in [6.45, 7) is 0. The van der Waals surface area contributed by atoms with Crippen molar-refractivity contribution in [2.24, 2.45) is 0 Å². The van der Waals surface area contributed by atoms with E-state index in [0.29, 0.717) is 4.71 Å². The molecule has 0 bridgehead atoms. The van der Waals surface area contributed by atoms with Gasteiger partial charge in [0.1, 0.15) is 4.71 Å². The molecule has 102 valence electrons. The highest BCUT2D eigenvalue weighted by Gasteiger charge is 2.18. The molecule has 2 heterocycles. The van der Waals surface area contributed by atoms with E-state index < -0.39 is 0 Å². The van der Waals surface area contributed by atoms with Gasteiger partial charge in [0, 0.05) is 17.6 Å². The Bertz CT molecular complexity index is 576. The van der Waals surface area contributed by atoms with Gasteiger partial charge in [-0.1, -0.05) is 0 Å². The zero-order valence-electron chi connectivity index (χ0n) is 11.1. The molecule has 0 unspecified atom stereocenters. The first-order chi connectivity index (χ1) is 9.33. The van der Waals surface area contributed by atoms with Gasteiger partial charge in [-0.3, -0.25) is 0 Å². The van der Waals surface area contributed by atoms with Crippen molar-refractivity contribution in [3.63, 3.8) is 0 Å². The first-order valence-electron chi connectivity index (χ1n) is 6.29. The summed E-state index contributed by atoms with van der Waals surface area (Å²) in [5.74, 6) is 4.06. The summed E-state index contributed by atoms with van der Waals surface area (Å²) in [5, 5.41) is 1.20. The average Bonchev–Trinajstić information content (AvgIpc) is 2.89. The number of benzene rings is 1. The molecule has 0 amide bonds. The van der Waals surface area contributed by atoms with Crippen molar-refractivity contribution in [1.29, 1.82) is 0 Å². The molecule has 19 heavy (non-hydrogen) atoms. The van der Waals surface area contributed by atoms with Crippen LogP contribution in [0.15, 0.2) is 24.4 Å². The van der Waals surface area contributed by atoms with E-state index in [9.17, 15) is 0 Å². The van der Waals surface area contributed by atoms with Crippen LogP contribution in [0.4, 0.5) is 0 Å². The van der Waals surface area contributed by atoms with Crippen LogP contribution in [0.25, 0.3) is 10.9 Å². The molecule has 0 aliphatic carbocycles. The Balaban J connectivity index is 2.06. The fourth-order valence-electron chi connectivity index (χ4n) is 2.30. The van der Waals surface area contributed by atoms with Gasteiger partial charge in [-0.25, -0.2) is 0 Å². The van der Waals surface area contributed by atoms with Crippen LogP contribution in [-0.4, -0.2) is 30.3 Å². The topological polar surface area (TPSA) is 23.4 Å². The molecular weight excluding hydrogens is 278 g/mol. The molecule has 1 aromatic carbocycles. The van der Waals surface area contributed by atoms with Crippen molar-refractivity contribution in [1.82, 2.24) is 4.57 Å². The van der Waals surface area contributed by atoms with Gasteiger partial charge in [0.15, 0.2) is 11.5 Å². The lowest BCUT2D eigenvalue weighted by atomic mass is 10.2. The van der Waals surface area contributed by atoms with Gasteiger partial charge >= 0.3 is 0 Å². The molecule has 1 fully saturated rings. The SMILES string of the molecule is COc1cc2ccn(C3SCCCS3)c2cc1OC. The van der Waals surface area contributed by atoms with E-state index in [1.165, 1.54) is 28.8 Å². The largest absolute Gasteiger partial charge is 0.493 e. The molecule has 1 saturated heterocycles. The van der Waals surface area contributed by atoms with E-state index in [-0.39, 0.29) is 0 Å². The molecule has 1 aromatic heterocycles. The Hall–Kier alpha value is -0.940. The van der Waals surface area contributed by atoms with Crippen molar-refractivity contribution in [2.75, 3.05) is 25.7 Å². The maximum Gasteiger partial charge on any atom is 0.162 e. The van der Waals surface area contributed by atoms with Crippen molar-refractivity contribution in [2.45, 2.75) is 11.1 Å². The number of ether oxygens (including phenoxy) is 2. The minimum absolute atomic E-state index is 0.476. The minimum Gasteiger partial charge on any atom is -0.493 e. The normalized spacial score (nSPS) is 16.7. The Kier molecular flexibility index (Phi) is 3.84. The third-order valence-corrected chi connectivity index (χ3v) is 6.15. The molecule has 1 aliphatic rings. The van der Waals surface area contributed by atoms with E-state index in [4.69, 9.17) is 9.47 Å². The maximum atomic E-state index is 5.40. The van der Waals surface area contributed by atoms with Crippen LogP contribution in [0, 0.1) is 0 Å². The number of thioether (sulfide) groups is 2. The summed E-state index contributed by atoms with van der Waals surface area (Å²) in [7, 11) is 3.36. The van der Waals surface area contributed by atoms with E-state index in [1.54, 1.807) is 14.2 Å². The fourth-order valence-corrected chi connectivity index (χ4v) is 5.16. The highest BCUT2D eigenvalue weighted by molar-refractivity contribution is 8.16. The van der Waals surface area contributed by atoms with E-state index >= 15 is 0 Å². The second-order valence-corrected chi connectivity index (χ2v) is 7.07. The van der Waals surface area contributed by atoms with Crippen molar-refractivity contribution < 1.29 is 9.47 Å². The Morgan fingerprint density at radius 1 is 1.11 bits per heavy atom. The molecule has 3 rings (SSSR count). The molecule has 3 nitrogen and oxygen atoms in total. The van der Waals surface area contributed by atoms with E-state index in [0.717, 1.165) is 11.5 Å². The number of rotatable bonds is 3. The highest BCUT2D eigenvalue weighted by Crippen LogP contribution is 2.43. The van der Waals surface area contributed by atoms with Gasteiger partial charge in [0.2, 0.25) is 0 Å². The van der Waals surface area contributed by atoms with Crippen molar-refractivity contribution >= 4 is 34.4 Å². The predicted molar refractivity (Wildman–Crippen MR) is 83.6 cm³/mol. The molecule has 1 aliphatic heterocycles. The van der Waals surface area contributed by atoms with Gasteiger partial charge in [0.05, 0.1) is 19.7 Å². The number of methoxy groups -OCH3 is 2. The predicted octanol–water partition coefficient (Wildman–Crippen LogP) is 3.98. The molecule has 0 atom stereocenters. The number of aromatic nitrogens is 1. The highest BCUT2D eigenvalue weighted by atomic mass is 32.2. The van der Waals surface area contributed by atoms with Gasteiger partial charge in [-0.05, 0) is 30.1 Å². The summed E-state index contributed by atoms with van der Waals surface area (Å²) in [6.07, 6.45) is 3.47. The van der Waals surface area contributed by atoms with Crippen LogP contribution in [-0.2, 0) is 0 Å². The molecule has 0 spiro atoms. The molecule has 5 heteroatoms. The minimum atomic E-state index is 0.476. The Labute approximate surface area is 121 Å². The van der Waals surface area contributed by atoms with Gasteiger partial charge in [-0.15, -0.1) is 23.5 Å². The zero-order valence-corrected chi connectivity index (χ0v) is 12.7. The monoisotopic (exact) mass is 295 g/mol. The lowest BCUT2D eigenvalue weighted by Gasteiger charge is -2.23. The fraction of sp³-hybridized carbons (Fsp3) is 0.429. The van der Waals surface area contributed by atoms with Crippen molar-refractivity contribution in [3.8, 4) is 11.5 Å². The summed E-state index contributed by atoms with van der Waals surface area (Å²) in [6, 6.07) is 6.26. The van der Waals surface area contributed by atoms with Gasteiger partial charge in [0.25, 0.3) is 0 Å². The van der Waals surface area contributed by atoms with E-state index in [2.05, 4.69) is 22.9 Å². The average molecular weight is 295 g/mol. The van der Waals surface area contributed by atoms with Crippen LogP contribution in [0.2, 0.25) is 0 Å². The van der Waals surface area contributed by atoms with Crippen LogP contribution in [0.5, 0.6) is 11.5 Å². The van der Waals surface area contributed by atoms with Crippen LogP contribution in [0.1, 0.15) is 11.1 Å². The second kappa shape index (κ2) is 5.59. The van der Waals surface area contributed by atoms with Gasteiger partial charge < -0.3 is 14.0 Å². The van der Waals surface area contributed by atoms with Crippen molar-refractivity contribution in [3.05, 3.63) is 24.4 Å². The Morgan fingerprint density at radius 2 is 1.79 bits per heavy atom. The number of hydrogen-bond acceptors (Lipinski definition) is 4. The summed E-state index contributed by atoms with van der Waals surface area (Å²) < 4.78 is 13.6. The quantitative estimate of drug-likeness (QED) is 0.854. The third kappa shape index (κ3) is 2.41. The first kappa shape index (κ1) is 13.1.